The molecule has 3 rings (SSSR count). The molecule has 2 aromatic rings. The number of benzene rings is 2. The standard InChI is InChI=1S/C23H25NO4/c1-28-20-10-6-5-9-19(20)22(27)24-16-23(18-7-3-2-4-8-18)13-11-17(12-14-23)15-21(25)26/h2-10,15H,11-14,16H2,1H3,(H,24,27)(H,25,26). The summed E-state index contributed by atoms with van der Waals surface area (Å²) in [5.41, 5.74) is 2.42. The first-order valence-electron chi connectivity index (χ1n) is 9.43. The summed E-state index contributed by atoms with van der Waals surface area (Å²) >= 11 is 0. The first kappa shape index (κ1) is 19.7. The largest absolute Gasteiger partial charge is 0.496 e. The zero-order valence-electron chi connectivity index (χ0n) is 16.0. The number of allylic oxidation sites excluding steroid dienone is 1. The number of hydrogen-bond acceptors (Lipinski definition) is 3. The SMILES string of the molecule is COc1ccccc1C(=O)NCC1(c2ccccc2)CCC(=CC(=O)O)CC1. The van der Waals surface area contributed by atoms with Crippen LogP contribution >= 0.6 is 0 Å². The van der Waals surface area contributed by atoms with E-state index < -0.39 is 5.97 Å². The van der Waals surface area contributed by atoms with Crippen LogP contribution in [0.3, 0.4) is 0 Å². The lowest BCUT2D eigenvalue weighted by Crippen LogP contribution is -2.42. The second-order valence-electron chi connectivity index (χ2n) is 7.17. The molecule has 1 amide bonds. The molecule has 5 heteroatoms. The number of methoxy groups -OCH3 is 1. The Hall–Kier alpha value is -3.08. The number of carboxylic acid groups (broad SMARTS) is 1. The number of rotatable bonds is 6. The van der Waals surface area contributed by atoms with Gasteiger partial charge in [0.25, 0.3) is 5.91 Å². The topological polar surface area (TPSA) is 75.6 Å². The molecule has 1 saturated carbocycles. The van der Waals surface area contributed by atoms with Crippen molar-refractivity contribution in [3.05, 3.63) is 77.4 Å². The highest BCUT2D eigenvalue weighted by Crippen LogP contribution is 2.41. The lowest BCUT2D eigenvalue weighted by atomic mass is 9.68. The van der Waals surface area contributed by atoms with Crippen molar-refractivity contribution in [3.63, 3.8) is 0 Å². The molecule has 0 bridgehead atoms. The van der Waals surface area contributed by atoms with E-state index in [1.54, 1.807) is 19.2 Å². The van der Waals surface area contributed by atoms with Crippen LogP contribution in [0, 0.1) is 0 Å². The maximum absolute atomic E-state index is 12.8. The van der Waals surface area contributed by atoms with Gasteiger partial charge in [0.05, 0.1) is 12.7 Å². The molecule has 0 aliphatic heterocycles. The van der Waals surface area contributed by atoms with Crippen LogP contribution in [0.5, 0.6) is 5.75 Å². The molecule has 1 aliphatic carbocycles. The van der Waals surface area contributed by atoms with E-state index in [1.807, 2.05) is 30.3 Å². The number of aliphatic carboxylic acids is 1. The average Bonchev–Trinajstić information content (AvgIpc) is 2.73. The van der Waals surface area contributed by atoms with Crippen LogP contribution in [-0.4, -0.2) is 30.6 Å². The Morgan fingerprint density at radius 1 is 1.07 bits per heavy atom. The lowest BCUT2D eigenvalue weighted by molar-refractivity contribution is -0.131. The fourth-order valence-corrected chi connectivity index (χ4v) is 3.90. The van der Waals surface area contributed by atoms with Gasteiger partial charge in [-0.15, -0.1) is 0 Å². The normalized spacial score (nSPS) is 19.0. The highest BCUT2D eigenvalue weighted by molar-refractivity contribution is 5.97. The van der Waals surface area contributed by atoms with Crippen molar-refractivity contribution >= 4 is 11.9 Å². The van der Waals surface area contributed by atoms with E-state index >= 15 is 0 Å². The zero-order chi connectivity index (χ0) is 20.0. The third-order valence-corrected chi connectivity index (χ3v) is 5.50. The zero-order valence-corrected chi connectivity index (χ0v) is 16.0. The molecular weight excluding hydrogens is 354 g/mol. The van der Waals surface area contributed by atoms with E-state index in [4.69, 9.17) is 9.84 Å². The quantitative estimate of drug-likeness (QED) is 0.745. The number of carboxylic acids is 1. The highest BCUT2D eigenvalue weighted by atomic mass is 16.5. The average molecular weight is 379 g/mol. The smallest absolute Gasteiger partial charge is 0.328 e. The molecule has 0 saturated heterocycles. The van der Waals surface area contributed by atoms with Crippen LogP contribution in [0.25, 0.3) is 0 Å². The van der Waals surface area contributed by atoms with Crippen LogP contribution in [0.15, 0.2) is 66.2 Å². The minimum Gasteiger partial charge on any atom is -0.496 e. The molecule has 0 atom stereocenters. The molecule has 0 aromatic heterocycles. The van der Waals surface area contributed by atoms with Crippen LogP contribution < -0.4 is 10.1 Å². The van der Waals surface area contributed by atoms with Crippen molar-refractivity contribution in [3.8, 4) is 5.75 Å². The predicted octanol–water partition coefficient (Wildman–Crippen LogP) is 3.95. The molecule has 1 aliphatic rings. The van der Waals surface area contributed by atoms with Crippen molar-refractivity contribution in [1.29, 1.82) is 0 Å². The third kappa shape index (κ3) is 4.42. The monoisotopic (exact) mass is 379 g/mol. The maximum Gasteiger partial charge on any atom is 0.328 e. The van der Waals surface area contributed by atoms with E-state index in [9.17, 15) is 9.59 Å². The molecule has 0 spiro atoms. The Morgan fingerprint density at radius 3 is 2.36 bits per heavy atom. The van der Waals surface area contributed by atoms with E-state index in [2.05, 4.69) is 17.4 Å². The summed E-state index contributed by atoms with van der Waals surface area (Å²) in [6, 6.07) is 17.3. The van der Waals surface area contributed by atoms with Gasteiger partial charge in [0.1, 0.15) is 5.75 Å². The predicted molar refractivity (Wildman–Crippen MR) is 108 cm³/mol. The molecule has 0 radical (unpaired) electrons. The number of nitrogens with one attached hydrogen (secondary N) is 1. The van der Waals surface area contributed by atoms with Crippen molar-refractivity contribution in [2.45, 2.75) is 31.1 Å². The van der Waals surface area contributed by atoms with Gasteiger partial charge in [-0.2, -0.15) is 0 Å². The van der Waals surface area contributed by atoms with E-state index in [1.165, 1.54) is 11.6 Å². The summed E-state index contributed by atoms with van der Waals surface area (Å²) in [6.45, 7) is 0.494. The van der Waals surface area contributed by atoms with Gasteiger partial charge in [-0.05, 0) is 43.4 Å². The second-order valence-corrected chi connectivity index (χ2v) is 7.17. The van der Waals surface area contributed by atoms with Crippen molar-refractivity contribution in [2.75, 3.05) is 13.7 Å². The Bertz CT molecular complexity index is 863. The summed E-state index contributed by atoms with van der Waals surface area (Å²) in [4.78, 5) is 23.8. The Balaban J connectivity index is 1.79. The molecule has 146 valence electrons. The second kappa shape index (κ2) is 8.74. The molecule has 5 nitrogen and oxygen atoms in total. The number of amides is 1. The number of carbonyl (C=O) groups is 2. The Labute approximate surface area is 165 Å². The van der Waals surface area contributed by atoms with Crippen LogP contribution in [0.2, 0.25) is 0 Å². The fourth-order valence-electron chi connectivity index (χ4n) is 3.90. The maximum atomic E-state index is 12.8. The van der Waals surface area contributed by atoms with Gasteiger partial charge in [-0.1, -0.05) is 48.0 Å². The number of hydrogen-bond donors (Lipinski definition) is 2. The molecule has 2 aromatic carbocycles. The first-order chi connectivity index (χ1) is 13.5. The van der Waals surface area contributed by atoms with Crippen LogP contribution in [0.4, 0.5) is 0 Å². The summed E-state index contributed by atoms with van der Waals surface area (Å²) in [6.07, 6.45) is 4.34. The number of carbonyl (C=O) groups excluding carboxylic acids is 1. The Morgan fingerprint density at radius 2 is 1.71 bits per heavy atom. The molecule has 2 N–H and O–H groups in total. The van der Waals surface area contributed by atoms with Gasteiger partial charge in [0, 0.05) is 18.0 Å². The minimum absolute atomic E-state index is 0.167. The van der Waals surface area contributed by atoms with Gasteiger partial charge in [-0.3, -0.25) is 4.79 Å². The molecule has 1 fully saturated rings. The first-order valence-corrected chi connectivity index (χ1v) is 9.43. The van der Waals surface area contributed by atoms with Gasteiger partial charge < -0.3 is 15.2 Å². The van der Waals surface area contributed by atoms with Crippen molar-refractivity contribution in [2.24, 2.45) is 0 Å². The lowest BCUT2D eigenvalue weighted by Gasteiger charge is -2.39. The Kier molecular flexibility index (Phi) is 6.14. The van der Waals surface area contributed by atoms with Gasteiger partial charge in [-0.25, -0.2) is 4.79 Å². The molecular formula is C23H25NO4. The van der Waals surface area contributed by atoms with E-state index in [0.717, 1.165) is 18.4 Å². The number of para-hydroxylation sites is 1. The van der Waals surface area contributed by atoms with Gasteiger partial charge in [0.15, 0.2) is 0 Å². The summed E-state index contributed by atoms with van der Waals surface area (Å²) in [5.74, 6) is -0.518. The molecule has 28 heavy (non-hydrogen) atoms. The van der Waals surface area contributed by atoms with Crippen molar-refractivity contribution < 1.29 is 19.4 Å². The number of ether oxygens (including phenoxy) is 1. The van der Waals surface area contributed by atoms with Crippen molar-refractivity contribution in [1.82, 2.24) is 5.32 Å². The van der Waals surface area contributed by atoms with E-state index in [-0.39, 0.29) is 11.3 Å². The fraction of sp³-hybridized carbons (Fsp3) is 0.304. The minimum atomic E-state index is -0.897. The summed E-state index contributed by atoms with van der Waals surface area (Å²) in [5, 5.41) is 12.1. The third-order valence-electron chi connectivity index (χ3n) is 5.50. The van der Waals surface area contributed by atoms with Gasteiger partial charge in [0.2, 0.25) is 0 Å². The summed E-state index contributed by atoms with van der Waals surface area (Å²) in [7, 11) is 1.55. The highest BCUT2D eigenvalue weighted by Gasteiger charge is 2.35. The van der Waals surface area contributed by atoms with E-state index in [0.29, 0.717) is 30.7 Å². The summed E-state index contributed by atoms with van der Waals surface area (Å²) < 4.78 is 5.30. The van der Waals surface area contributed by atoms with Crippen LogP contribution in [0.1, 0.15) is 41.6 Å². The van der Waals surface area contributed by atoms with Gasteiger partial charge >= 0.3 is 5.97 Å². The molecule has 0 unspecified atom stereocenters. The van der Waals surface area contributed by atoms with Crippen LogP contribution in [-0.2, 0) is 10.2 Å². The molecule has 0 heterocycles.